The minimum Gasteiger partial charge on any atom is -0.619 e. The summed E-state index contributed by atoms with van der Waals surface area (Å²) in [6, 6.07) is 12.6. The molecule has 0 bridgehead atoms. The molecule has 0 radical (unpaired) electrons. The highest BCUT2D eigenvalue weighted by atomic mass is 16.5. The predicted molar refractivity (Wildman–Crippen MR) is 95.1 cm³/mol. The smallest absolute Gasteiger partial charge is 0.251 e. The molecule has 4 rings (SSSR count). The van der Waals surface area contributed by atoms with E-state index >= 15 is 0 Å². The molecule has 5 nitrogen and oxygen atoms in total. The molecule has 2 aromatic rings. The maximum Gasteiger partial charge on any atom is 0.251 e. The van der Waals surface area contributed by atoms with Crippen LogP contribution >= 0.6 is 0 Å². The average molecular weight is 337 g/mol. The highest BCUT2D eigenvalue weighted by Gasteiger charge is 2.30. The lowest BCUT2D eigenvalue weighted by Gasteiger charge is -2.37. The van der Waals surface area contributed by atoms with Crippen LogP contribution in [0.25, 0.3) is 0 Å². The predicted octanol–water partition coefficient (Wildman–Crippen LogP) is 1.68. The van der Waals surface area contributed by atoms with Gasteiger partial charge in [-0.05, 0) is 43.4 Å². The first-order chi connectivity index (χ1) is 12.2. The summed E-state index contributed by atoms with van der Waals surface area (Å²) in [5.41, 5.74) is 3.47. The van der Waals surface area contributed by atoms with Gasteiger partial charge in [-0.2, -0.15) is 4.73 Å². The molecule has 0 unspecified atom stereocenters. The molecule has 2 aliphatic rings. The number of carbonyl (C=O) groups is 1. The number of fused-ring (bicyclic) bond motifs is 1. The Labute approximate surface area is 147 Å². The minimum absolute atomic E-state index is 0.0952. The van der Waals surface area contributed by atoms with Crippen LogP contribution in [-0.2, 0) is 12.8 Å². The Morgan fingerprint density at radius 1 is 1.12 bits per heavy atom. The van der Waals surface area contributed by atoms with E-state index in [1.807, 2.05) is 0 Å². The molecule has 0 saturated carbocycles. The lowest BCUT2D eigenvalue weighted by molar-refractivity contribution is -0.605. The van der Waals surface area contributed by atoms with E-state index in [2.05, 4.69) is 34.5 Å². The zero-order valence-corrected chi connectivity index (χ0v) is 14.2. The number of nitrogens with zero attached hydrogens (tertiary/aromatic N) is 2. The van der Waals surface area contributed by atoms with Gasteiger partial charge in [0.15, 0.2) is 12.4 Å². The Balaban J connectivity index is 1.37. The molecule has 0 spiro atoms. The molecule has 1 aliphatic carbocycles. The average Bonchev–Trinajstić information content (AvgIpc) is 3.07. The molecule has 1 fully saturated rings. The fourth-order valence-electron chi connectivity index (χ4n) is 4.08. The van der Waals surface area contributed by atoms with Crippen molar-refractivity contribution in [3.05, 3.63) is 70.7 Å². The van der Waals surface area contributed by atoms with Crippen LogP contribution < -0.4 is 10.0 Å². The van der Waals surface area contributed by atoms with Crippen LogP contribution in [0.2, 0.25) is 0 Å². The van der Waals surface area contributed by atoms with E-state index in [0.29, 0.717) is 16.3 Å². The van der Waals surface area contributed by atoms with E-state index in [0.717, 1.165) is 38.8 Å². The molecular formula is C20H23N3O2. The summed E-state index contributed by atoms with van der Waals surface area (Å²) in [7, 11) is 0. The Kier molecular flexibility index (Phi) is 4.40. The number of piperidine rings is 1. The van der Waals surface area contributed by atoms with E-state index < -0.39 is 0 Å². The second-order valence-electron chi connectivity index (χ2n) is 7.09. The first kappa shape index (κ1) is 16.1. The number of hydrogen-bond acceptors (Lipinski definition) is 3. The normalized spacial score (nSPS) is 21.0. The van der Waals surface area contributed by atoms with Crippen molar-refractivity contribution in [2.24, 2.45) is 0 Å². The topological polar surface area (TPSA) is 59.3 Å². The number of hydrogen-bond donors (Lipinski definition) is 1. The molecule has 1 aromatic carbocycles. The first-order valence-electron chi connectivity index (χ1n) is 8.99. The van der Waals surface area contributed by atoms with Gasteiger partial charge in [0, 0.05) is 30.8 Å². The van der Waals surface area contributed by atoms with Crippen LogP contribution in [-0.4, -0.2) is 36.0 Å². The van der Waals surface area contributed by atoms with Crippen molar-refractivity contribution < 1.29 is 9.52 Å². The lowest BCUT2D eigenvalue weighted by Crippen LogP contribution is -2.51. The minimum atomic E-state index is -0.0952. The second kappa shape index (κ2) is 6.84. The first-order valence-corrected chi connectivity index (χ1v) is 8.99. The van der Waals surface area contributed by atoms with Crippen LogP contribution in [0.15, 0.2) is 48.8 Å². The summed E-state index contributed by atoms with van der Waals surface area (Å²) in [5, 5.41) is 14.2. The van der Waals surface area contributed by atoms with Gasteiger partial charge in [-0.25, -0.2) is 0 Å². The summed E-state index contributed by atoms with van der Waals surface area (Å²) in [4.78, 5) is 14.9. The fourth-order valence-corrected chi connectivity index (χ4v) is 4.08. The van der Waals surface area contributed by atoms with Crippen molar-refractivity contribution in [1.82, 2.24) is 10.2 Å². The molecule has 1 saturated heterocycles. The number of benzene rings is 1. The second-order valence-corrected chi connectivity index (χ2v) is 7.09. The number of carbonyl (C=O) groups excluding carboxylic acids is 1. The van der Waals surface area contributed by atoms with Crippen LogP contribution in [0.5, 0.6) is 0 Å². The van der Waals surface area contributed by atoms with Crippen molar-refractivity contribution in [3.8, 4) is 0 Å². The number of nitrogens with one attached hydrogen (secondary N) is 1. The number of likely N-dealkylation sites (tertiary alicyclic amines) is 1. The summed E-state index contributed by atoms with van der Waals surface area (Å²) in [6.07, 6.45) is 7.05. The van der Waals surface area contributed by atoms with E-state index in [-0.39, 0.29) is 11.9 Å². The third-order valence-electron chi connectivity index (χ3n) is 5.40. The van der Waals surface area contributed by atoms with Gasteiger partial charge >= 0.3 is 0 Å². The summed E-state index contributed by atoms with van der Waals surface area (Å²) >= 11 is 0. The van der Waals surface area contributed by atoms with Gasteiger partial charge in [-0.15, -0.1) is 0 Å². The quantitative estimate of drug-likeness (QED) is 0.685. The Morgan fingerprint density at radius 3 is 2.48 bits per heavy atom. The molecule has 130 valence electrons. The van der Waals surface area contributed by atoms with E-state index in [4.69, 9.17) is 0 Å². The van der Waals surface area contributed by atoms with Crippen molar-refractivity contribution >= 4 is 5.91 Å². The zero-order valence-electron chi connectivity index (χ0n) is 14.2. The number of rotatable bonds is 3. The van der Waals surface area contributed by atoms with Crippen LogP contribution in [0.3, 0.4) is 0 Å². The van der Waals surface area contributed by atoms with E-state index in [9.17, 15) is 10.0 Å². The number of aromatic nitrogens is 1. The van der Waals surface area contributed by atoms with Gasteiger partial charge in [-0.3, -0.25) is 9.69 Å². The van der Waals surface area contributed by atoms with Gasteiger partial charge in [-0.1, -0.05) is 24.3 Å². The lowest BCUT2D eigenvalue weighted by atomic mass is 10.0. The van der Waals surface area contributed by atoms with Crippen molar-refractivity contribution in [1.29, 1.82) is 0 Å². The zero-order chi connectivity index (χ0) is 17.2. The molecule has 1 N–H and O–H groups in total. The largest absolute Gasteiger partial charge is 0.619 e. The Bertz CT molecular complexity index is 735. The van der Waals surface area contributed by atoms with Crippen LogP contribution in [0, 0.1) is 5.21 Å². The number of pyridine rings is 1. The number of amides is 1. The van der Waals surface area contributed by atoms with Crippen molar-refractivity contribution in [3.63, 3.8) is 0 Å². The van der Waals surface area contributed by atoms with Gasteiger partial charge in [0.2, 0.25) is 0 Å². The molecule has 25 heavy (non-hydrogen) atoms. The fraction of sp³-hybridized carbons (Fsp3) is 0.400. The highest BCUT2D eigenvalue weighted by molar-refractivity contribution is 5.94. The van der Waals surface area contributed by atoms with Crippen molar-refractivity contribution in [2.45, 2.75) is 37.8 Å². The molecule has 2 heterocycles. The molecular weight excluding hydrogens is 314 g/mol. The Hall–Kier alpha value is -2.40. The van der Waals surface area contributed by atoms with Gasteiger partial charge in [0.05, 0.1) is 5.56 Å². The van der Waals surface area contributed by atoms with Crippen molar-refractivity contribution in [2.75, 3.05) is 13.1 Å². The van der Waals surface area contributed by atoms with Gasteiger partial charge < -0.3 is 10.5 Å². The van der Waals surface area contributed by atoms with E-state index in [1.165, 1.54) is 23.5 Å². The third-order valence-corrected chi connectivity index (χ3v) is 5.40. The Morgan fingerprint density at radius 2 is 1.80 bits per heavy atom. The molecule has 5 heteroatoms. The molecule has 1 aromatic heterocycles. The van der Waals surface area contributed by atoms with E-state index in [1.54, 1.807) is 12.1 Å². The van der Waals surface area contributed by atoms with Gasteiger partial charge in [0.1, 0.15) is 0 Å². The maximum atomic E-state index is 12.4. The SMILES string of the molecule is O=C(N[C@H]1CCCN(C2Cc3ccccc3C2)C1)c1cc[n+]([O-])cc1. The molecule has 1 atom stereocenters. The monoisotopic (exact) mass is 337 g/mol. The summed E-state index contributed by atoms with van der Waals surface area (Å²) < 4.78 is 0.691. The summed E-state index contributed by atoms with van der Waals surface area (Å²) in [5.74, 6) is -0.0952. The summed E-state index contributed by atoms with van der Waals surface area (Å²) in [6.45, 7) is 2.01. The highest BCUT2D eigenvalue weighted by Crippen LogP contribution is 2.27. The maximum absolute atomic E-state index is 12.4. The standard InChI is InChI=1S/C20H23N3O2/c24-20(15-7-10-23(25)11-8-15)21-18-6-3-9-22(14-18)19-12-16-4-1-2-5-17(16)13-19/h1-2,4-5,7-8,10-11,18-19H,3,6,9,12-14H2,(H,21,24)/t18-/m0/s1. The van der Waals surface area contributed by atoms with Crippen LogP contribution in [0.1, 0.15) is 34.3 Å². The van der Waals surface area contributed by atoms with Crippen LogP contribution in [0.4, 0.5) is 0 Å². The third kappa shape index (κ3) is 3.51. The molecule has 1 aliphatic heterocycles. The molecule has 1 amide bonds. The van der Waals surface area contributed by atoms with Gasteiger partial charge in [0.25, 0.3) is 5.91 Å².